The minimum absolute atomic E-state index is 0.0120. The van der Waals surface area contributed by atoms with E-state index in [1.54, 1.807) is 18.2 Å². The third kappa shape index (κ3) is 9.10. The first-order valence-corrected chi connectivity index (χ1v) is 16.8. The molecule has 0 bridgehead atoms. The predicted octanol–water partition coefficient (Wildman–Crippen LogP) is 6.91. The van der Waals surface area contributed by atoms with Gasteiger partial charge >= 0.3 is 0 Å². The van der Waals surface area contributed by atoms with Crippen LogP contribution in [0.25, 0.3) is 0 Å². The second-order valence-electron chi connectivity index (χ2n) is 11.3. The lowest BCUT2D eigenvalue weighted by Gasteiger charge is -2.34. The van der Waals surface area contributed by atoms with Crippen molar-refractivity contribution in [2.24, 2.45) is 5.92 Å². The molecule has 2 amide bonds. The highest BCUT2D eigenvalue weighted by molar-refractivity contribution is 7.92. The molecule has 0 heterocycles. The number of halogens is 2. The van der Waals surface area contributed by atoms with Crippen molar-refractivity contribution in [3.8, 4) is 0 Å². The molecule has 0 fully saturated rings. The number of hydrogen-bond donors (Lipinski definition) is 1. The van der Waals surface area contributed by atoms with Gasteiger partial charge in [0.15, 0.2) is 0 Å². The quantitative estimate of drug-likeness (QED) is 0.168. The fourth-order valence-corrected chi connectivity index (χ4v) is 6.65. The van der Waals surface area contributed by atoms with Gasteiger partial charge in [-0.05, 0) is 54.3 Å². The van der Waals surface area contributed by atoms with Crippen LogP contribution in [0.5, 0.6) is 0 Å². The van der Waals surface area contributed by atoms with Gasteiger partial charge in [-0.3, -0.25) is 13.9 Å². The maximum Gasteiger partial charge on any atom is 0.264 e. The molecular formula is C35H37Cl2N3O4S. The summed E-state index contributed by atoms with van der Waals surface area (Å²) in [6.45, 7) is 5.71. The molecule has 0 aromatic heterocycles. The molecule has 45 heavy (non-hydrogen) atoms. The zero-order chi connectivity index (χ0) is 32.6. The second kappa shape index (κ2) is 15.4. The lowest BCUT2D eigenvalue weighted by atomic mass is 10.0. The highest BCUT2D eigenvalue weighted by Gasteiger charge is 2.35. The molecule has 0 aliphatic carbocycles. The molecular weight excluding hydrogens is 629 g/mol. The number of hydrogen-bond acceptors (Lipinski definition) is 4. The van der Waals surface area contributed by atoms with Crippen molar-refractivity contribution in [3.05, 3.63) is 130 Å². The summed E-state index contributed by atoms with van der Waals surface area (Å²) in [5.41, 5.74) is 2.58. The lowest BCUT2D eigenvalue weighted by molar-refractivity contribution is -0.140. The highest BCUT2D eigenvalue weighted by Crippen LogP contribution is 2.33. The van der Waals surface area contributed by atoms with Gasteiger partial charge in [-0.25, -0.2) is 8.42 Å². The van der Waals surface area contributed by atoms with E-state index in [1.807, 2.05) is 81.4 Å². The van der Waals surface area contributed by atoms with Crippen LogP contribution in [-0.2, 0) is 32.6 Å². The molecule has 0 saturated heterocycles. The van der Waals surface area contributed by atoms with E-state index >= 15 is 0 Å². The van der Waals surface area contributed by atoms with Gasteiger partial charge in [0.05, 0.1) is 15.6 Å². The lowest BCUT2D eigenvalue weighted by Crippen LogP contribution is -2.53. The SMILES string of the molecule is Cc1ccc(S(=O)(=O)N(CC(=O)N(Cc2ccccc2)[C@H](Cc2ccccc2)C(=O)NCC(C)C)c2cc(Cl)ccc2Cl)cc1. The minimum Gasteiger partial charge on any atom is -0.354 e. The topological polar surface area (TPSA) is 86.8 Å². The smallest absolute Gasteiger partial charge is 0.264 e. The van der Waals surface area contributed by atoms with Crippen LogP contribution in [-0.4, -0.2) is 44.3 Å². The number of anilines is 1. The van der Waals surface area contributed by atoms with Crippen molar-refractivity contribution in [2.45, 2.75) is 44.7 Å². The average Bonchev–Trinajstić information content (AvgIpc) is 3.02. The molecule has 0 spiro atoms. The molecule has 0 unspecified atom stereocenters. The van der Waals surface area contributed by atoms with E-state index in [0.717, 1.165) is 21.0 Å². The summed E-state index contributed by atoms with van der Waals surface area (Å²) in [6, 6.07) is 28.6. The van der Waals surface area contributed by atoms with Crippen LogP contribution in [0.4, 0.5) is 5.69 Å². The Kier molecular flexibility index (Phi) is 11.7. The van der Waals surface area contributed by atoms with Crippen molar-refractivity contribution >= 4 is 50.7 Å². The predicted molar refractivity (Wildman–Crippen MR) is 181 cm³/mol. The van der Waals surface area contributed by atoms with E-state index in [4.69, 9.17) is 23.2 Å². The molecule has 0 aliphatic rings. The van der Waals surface area contributed by atoms with Crippen LogP contribution in [0, 0.1) is 12.8 Å². The van der Waals surface area contributed by atoms with Gasteiger partial charge in [-0.2, -0.15) is 0 Å². The van der Waals surface area contributed by atoms with Crippen LogP contribution < -0.4 is 9.62 Å². The van der Waals surface area contributed by atoms with Crippen molar-refractivity contribution in [3.63, 3.8) is 0 Å². The summed E-state index contributed by atoms with van der Waals surface area (Å²) in [4.78, 5) is 29.8. The Bertz CT molecular complexity index is 1700. The summed E-state index contributed by atoms with van der Waals surface area (Å²) in [7, 11) is -4.30. The summed E-state index contributed by atoms with van der Waals surface area (Å²) < 4.78 is 29.3. The number of sulfonamides is 1. The van der Waals surface area contributed by atoms with E-state index in [0.29, 0.717) is 6.54 Å². The first-order chi connectivity index (χ1) is 21.5. The summed E-state index contributed by atoms with van der Waals surface area (Å²) in [5, 5.41) is 3.34. The molecule has 236 valence electrons. The number of carbonyl (C=O) groups excluding carboxylic acids is 2. The van der Waals surface area contributed by atoms with Crippen LogP contribution in [0.3, 0.4) is 0 Å². The summed E-state index contributed by atoms with van der Waals surface area (Å²) in [5.74, 6) is -0.721. The molecule has 4 aromatic carbocycles. The standard InChI is InChI=1S/C35H37Cl2N3O4S/c1-25(2)22-38-35(42)33(20-27-10-6-4-7-11-27)39(23-28-12-8-5-9-13-28)34(41)24-40(32-21-29(36)16-19-31(32)37)45(43,44)30-17-14-26(3)15-18-30/h4-19,21,25,33H,20,22-24H2,1-3H3,(H,38,42)/t33-/m1/s1. The van der Waals surface area contributed by atoms with Gasteiger partial charge in [-0.15, -0.1) is 0 Å². The number of amides is 2. The zero-order valence-electron chi connectivity index (χ0n) is 25.5. The molecule has 0 radical (unpaired) electrons. The molecule has 4 rings (SSSR count). The fourth-order valence-electron chi connectivity index (χ4n) is 4.78. The Balaban J connectivity index is 1.81. The number of carbonyl (C=O) groups is 2. The maximum absolute atomic E-state index is 14.5. The van der Waals surface area contributed by atoms with Crippen molar-refractivity contribution < 1.29 is 18.0 Å². The van der Waals surface area contributed by atoms with Crippen molar-refractivity contribution in [1.29, 1.82) is 0 Å². The van der Waals surface area contributed by atoms with E-state index in [1.165, 1.54) is 29.2 Å². The fraction of sp³-hybridized carbons (Fsp3) is 0.257. The van der Waals surface area contributed by atoms with Crippen LogP contribution in [0.2, 0.25) is 10.0 Å². The van der Waals surface area contributed by atoms with Gasteiger partial charge < -0.3 is 10.2 Å². The van der Waals surface area contributed by atoms with E-state index in [9.17, 15) is 18.0 Å². The third-order valence-electron chi connectivity index (χ3n) is 7.22. The third-order valence-corrected chi connectivity index (χ3v) is 9.54. The summed E-state index contributed by atoms with van der Waals surface area (Å²) >= 11 is 12.8. The van der Waals surface area contributed by atoms with Gasteiger partial charge in [0.25, 0.3) is 10.0 Å². The van der Waals surface area contributed by atoms with Gasteiger partial charge in [0.2, 0.25) is 11.8 Å². The molecule has 1 N–H and O–H groups in total. The number of benzene rings is 4. The molecule has 4 aromatic rings. The molecule has 7 nitrogen and oxygen atoms in total. The van der Waals surface area contributed by atoms with E-state index < -0.39 is 28.5 Å². The van der Waals surface area contributed by atoms with Gasteiger partial charge in [0.1, 0.15) is 12.6 Å². The molecule has 10 heteroatoms. The van der Waals surface area contributed by atoms with Crippen LogP contribution >= 0.6 is 23.2 Å². The van der Waals surface area contributed by atoms with E-state index in [2.05, 4.69) is 5.32 Å². The zero-order valence-corrected chi connectivity index (χ0v) is 27.8. The van der Waals surface area contributed by atoms with Gasteiger partial charge in [0, 0.05) is 24.5 Å². The number of nitrogens with one attached hydrogen (secondary N) is 1. The first kappa shape index (κ1) is 34.0. The van der Waals surface area contributed by atoms with Crippen LogP contribution in [0.1, 0.15) is 30.5 Å². The number of rotatable bonds is 13. The Morgan fingerprint density at radius 3 is 2.02 bits per heavy atom. The van der Waals surface area contributed by atoms with Crippen molar-refractivity contribution in [2.75, 3.05) is 17.4 Å². The first-order valence-electron chi connectivity index (χ1n) is 14.6. The Morgan fingerprint density at radius 2 is 1.42 bits per heavy atom. The minimum atomic E-state index is -4.30. The van der Waals surface area contributed by atoms with E-state index in [-0.39, 0.29) is 45.4 Å². The Morgan fingerprint density at radius 1 is 0.822 bits per heavy atom. The molecule has 0 saturated carbocycles. The summed E-state index contributed by atoms with van der Waals surface area (Å²) in [6.07, 6.45) is 0.228. The molecule has 0 aliphatic heterocycles. The average molecular weight is 667 g/mol. The normalized spacial score (nSPS) is 12.0. The largest absolute Gasteiger partial charge is 0.354 e. The molecule has 1 atom stereocenters. The Hall–Kier alpha value is -3.85. The second-order valence-corrected chi connectivity index (χ2v) is 14.0. The maximum atomic E-state index is 14.5. The van der Waals surface area contributed by atoms with Gasteiger partial charge in [-0.1, -0.05) is 115 Å². The monoisotopic (exact) mass is 665 g/mol. The number of nitrogens with zero attached hydrogens (tertiary/aromatic N) is 2. The highest BCUT2D eigenvalue weighted by atomic mass is 35.5. The van der Waals surface area contributed by atoms with Crippen molar-refractivity contribution in [1.82, 2.24) is 10.2 Å². The Labute approximate surface area is 275 Å². The number of aryl methyl sites for hydroxylation is 1. The van der Waals surface area contributed by atoms with Crippen LogP contribution in [0.15, 0.2) is 108 Å².